The van der Waals surface area contributed by atoms with Crippen LogP contribution in [0.1, 0.15) is 22.6 Å². The maximum absolute atomic E-state index is 5.92. The second-order valence-corrected chi connectivity index (χ2v) is 7.68. The maximum atomic E-state index is 5.92. The van der Waals surface area contributed by atoms with Gasteiger partial charge in [0.1, 0.15) is 5.76 Å². The minimum Gasteiger partial charge on any atom is -0.490 e. The first-order valence-corrected chi connectivity index (χ1v) is 10.7. The number of furan rings is 1. The van der Waals surface area contributed by atoms with Gasteiger partial charge in [-0.1, -0.05) is 18.2 Å². The highest BCUT2D eigenvalue weighted by molar-refractivity contribution is 14.0. The minimum absolute atomic E-state index is 0. The Bertz CT molecular complexity index is 914. The van der Waals surface area contributed by atoms with Gasteiger partial charge in [-0.2, -0.15) is 0 Å². The molecule has 0 amide bonds. The number of thiophene rings is 1. The largest absolute Gasteiger partial charge is 0.490 e. The molecule has 0 unspecified atom stereocenters. The molecule has 1 aliphatic rings. The summed E-state index contributed by atoms with van der Waals surface area (Å²) in [5.74, 6) is 3.32. The molecule has 0 aliphatic carbocycles. The number of ether oxygens (including phenoxy) is 2. The summed E-state index contributed by atoms with van der Waals surface area (Å²) in [4.78, 5) is 6.04. The van der Waals surface area contributed by atoms with Crippen molar-refractivity contribution in [1.29, 1.82) is 0 Å². The Kier molecular flexibility index (Phi) is 8.88. The standard InChI is InChI=1S/C22H25N3O3S.HI/c1-5-17(21-20(8-1)27-12-4-13-28-21)15-24-22(25-16-19-7-3-14-29-19)23-10-9-18-6-2-11-26-18;/h1-3,5-8,11,14H,4,9-10,12-13,15-16H2,(H2,23,24,25);1H. The van der Waals surface area contributed by atoms with E-state index in [9.17, 15) is 0 Å². The molecule has 6 nitrogen and oxygen atoms in total. The zero-order valence-electron chi connectivity index (χ0n) is 16.6. The summed E-state index contributed by atoms with van der Waals surface area (Å²) < 4.78 is 17.1. The molecule has 0 fully saturated rings. The van der Waals surface area contributed by atoms with E-state index >= 15 is 0 Å². The van der Waals surface area contributed by atoms with Crippen LogP contribution in [0.3, 0.4) is 0 Å². The van der Waals surface area contributed by atoms with Crippen LogP contribution in [0.15, 0.2) is 63.5 Å². The van der Waals surface area contributed by atoms with Crippen LogP contribution in [0, 0.1) is 0 Å². The van der Waals surface area contributed by atoms with Crippen molar-refractivity contribution in [3.8, 4) is 11.5 Å². The summed E-state index contributed by atoms with van der Waals surface area (Å²) in [6, 6.07) is 14.0. The summed E-state index contributed by atoms with van der Waals surface area (Å²) in [7, 11) is 0. The molecule has 0 bridgehead atoms. The minimum atomic E-state index is 0. The molecule has 4 rings (SSSR count). The number of guanidine groups is 1. The monoisotopic (exact) mass is 539 g/mol. The number of nitrogens with one attached hydrogen (secondary N) is 2. The summed E-state index contributed by atoms with van der Waals surface area (Å²) in [5, 5.41) is 8.88. The second-order valence-electron chi connectivity index (χ2n) is 6.65. The molecule has 0 atom stereocenters. The van der Waals surface area contributed by atoms with E-state index in [-0.39, 0.29) is 24.0 Å². The van der Waals surface area contributed by atoms with Crippen molar-refractivity contribution in [3.05, 3.63) is 70.3 Å². The zero-order valence-corrected chi connectivity index (χ0v) is 19.8. The molecule has 3 heterocycles. The molecule has 0 saturated heterocycles. The van der Waals surface area contributed by atoms with Crippen molar-refractivity contribution < 1.29 is 13.9 Å². The van der Waals surface area contributed by atoms with Crippen molar-refractivity contribution >= 4 is 41.3 Å². The van der Waals surface area contributed by atoms with Crippen LogP contribution in [-0.2, 0) is 19.5 Å². The van der Waals surface area contributed by atoms with Crippen molar-refractivity contribution in [3.63, 3.8) is 0 Å². The van der Waals surface area contributed by atoms with E-state index in [0.717, 1.165) is 54.7 Å². The molecular formula is C22H26IN3O3S. The summed E-state index contributed by atoms with van der Waals surface area (Å²) in [6.45, 7) is 3.32. The van der Waals surface area contributed by atoms with E-state index in [1.807, 2.05) is 30.3 Å². The van der Waals surface area contributed by atoms with Crippen LogP contribution in [0.5, 0.6) is 11.5 Å². The van der Waals surface area contributed by atoms with E-state index in [2.05, 4.69) is 28.1 Å². The molecular weight excluding hydrogens is 513 g/mol. The van der Waals surface area contributed by atoms with Gasteiger partial charge in [0.2, 0.25) is 0 Å². The number of hydrogen-bond donors (Lipinski definition) is 2. The van der Waals surface area contributed by atoms with Crippen LogP contribution in [-0.4, -0.2) is 25.7 Å². The number of nitrogens with zero attached hydrogens (tertiary/aromatic N) is 1. The topological polar surface area (TPSA) is 68.0 Å². The first kappa shape index (κ1) is 22.5. The Balaban J connectivity index is 0.00000256. The van der Waals surface area contributed by atoms with Crippen molar-refractivity contribution in [2.24, 2.45) is 4.99 Å². The van der Waals surface area contributed by atoms with Crippen LogP contribution in [0.25, 0.3) is 0 Å². The van der Waals surface area contributed by atoms with Gasteiger partial charge in [-0.15, -0.1) is 35.3 Å². The highest BCUT2D eigenvalue weighted by atomic mass is 127. The first-order valence-electron chi connectivity index (χ1n) is 9.83. The van der Waals surface area contributed by atoms with Gasteiger partial charge in [0.05, 0.1) is 32.6 Å². The Labute approximate surface area is 197 Å². The number of aliphatic imine (C=N–C) groups is 1. The molecule has 8 heteroatoms. The number of hydrogen-bond acceptors (Lipinski definition) is 5. The summed E-state index contributed by atoms with van der Waals surface area (Å²) >= 11 is 1.73. The molecule has 1 aliphatic heterocycles. The number of benzene rings is 1. The molecule has 2 N–H and O–H groups in total. The normalized spacial score (nSPS) is 13.3. The van der Waals surface area contributed by atoms with Crippen LogP contribution < -0.4 is 20.1 Å². The molecule has 160 valence electrons. The molecule has 0 radical (unpaired) electrons. The van der Waals surface area contributed by atoms with E-state index in [1.54, 1.807) is 17.6 Å². The number of rotatable bonds is 7. The van der Waals surface area contributed by atoms with E-state index < -0.39 is 0 Å². The molecule has 3 aromatic rings. The van der Waals surface area contributed by atoms with Gasteiger partial charge < -0.3 is 24.5 Å². The third-order valence-electron chi connectivity index (χ3n) is 4.51. The molecule has 0 spiro atoms. The average Bonchev–Trinajstić information content (AvgIpc) is 3.40. The fraction of sp³-hybridized carbons (Fsp3) is 0.318. The predicted molar refractivity (Wildman–Crippen MR) is 130 cm³/mol. The molecule has 1 aromatic carbocycles. The Hall–Kier alpha value is -2.20. The first-order chi connectivity index (χ1) is 14.4. The van der Waals surface area contributed by atoms with Gasteiger partial charge in [-0.3, -0.25) is 0 Å². The quantitative estimate of drug-likeness (QED) is 0.261. The fourth-order valence-electron chi connectivity index (χ4n) is 3.06. The second kappa shape index (κ2) is 11.8. The third-order valence-corrected chi connectivity index (χ3v) is 5.39. The Morgan fingerprint density at radius 3 is 2.80 bits per heavy atom. The van der Waals surface area contributed by atoms with E-state index in [0.29, 0.717) is 19.8 Å². The summed E-state index contributed by atoms with van der Waals surface area (Å²) in [6.07, 6.45) is 3.38. The molecule has 2 aromatic heterocycles. The maximum Gasteiger partial charge on any atom is 0.191 e. The summed E-state index contributed by atoms with van der Waals surface area (Å²) in [5.41, 5.74) is 1.02. The molecule has 0 saturated carbocycles. The lowest BCUT2D eigenvalue weighted by Gasteiger charge is -2.14. The Morgan fingerprint density at radius 1 is 1.03 bits per heavy atom. The number of para-hydroxylation sites is 1. The van der Waals surface area contributed by atoms with E-state index in [1.165, 1.54) is 4.88 Å². The number of halogens is 1. The lowest BCUT2D eigenvalue weighted by molar-refractivity contribution is 0.296. The van der Waals surface area contributed by atoms with Gasteiger partial charge in [-0.05, 0) is 29.6 Å². The van der Waals surface area contributed by atoms with E-state index in [4.69, 9.17) is 18.9 Å². The van der Waals surface area contributed by atoms with Crippen molar-refractivity contribution in [1.82, 2.24) is 10.6 Å². The van der Waals surface area contributed by atoms with Crippen molar-refractivity contribution in [2.75, 3.05) is 19.8 Å². The van der Waals surface area contributed by atoms with Gasteiger partial charge in [0, 0.05) is 29.8 Å². The highest BCUT2D eigenvalue weighted by Gasteiger charge is 2.14. The van der Waals surface area contributed by atoms with Gasteiger partial charge in [0.15, 0.2) is 17.5 Å². The third kappa shape index (κ3) is 6.40. The molecule has 30 heavy (non-hydrogen) atoms. The fourth-order valence-corrected chi connectivity index (χ4v) is 3.70. The lowest BCUT2D eigenvalue weighted by atomic mass is 10.2. The van der Waals surface area contributed by atoms with Crippen LogP contribution >= 0.6 is 35.3 Å². The average molecular weight is 539 g/mol. The SMILES string of the molecule is I.c1coc(CCNC(=NCc2cccc3c2OCCCO3)NCc2cccs2)c1. The number of fused-ring (bicyclic) bond motifs is 1. The lowest BCUT2D eigenvalue weighted by Crippen LogP contribution is -2.38. The van der Waals surface area contributed by atoms with Crippen LogP contribution in [0.2, 0.25) is 0 Å². The smallest absolute Gasteiger partial charge is 0.191 e. The van der Waals surface area contributed by atoms with Gasteiger partial charge in [-0.25, -0.2) is 4.99 Å². The van der Waals surface area contributed by atoms with Crippen molar-refractivity contribution in [2.45, 2.75) is 25.9 Å². The Morgan fingerprint density at radius 2 is 1.97 bits per heavy atom. The highest BCUT2D eigenvalue weighted by Crippen LogP contribution is 2.33. The zero-order chi connectivity index (χ0) is 19.7. The van der Waals surface area contributed by atoms with Crippen LogP contribution in [0.4, 0.5) is 0 Å². The van der Waals surface area contributed by atoms with Gasteiger partial charge in [0.25, 0.3) is 0 Å². The predicted octanol–water partition coefficient (Wildman–Crippen LogP) is 4.60. The van der Waals surface area contributed by atoms with Gasteiger partial charge >= 0.3 is 0 Å².